The molecule has 2 aliphatic carbocycles. The molecule has 4 aliphatic rings. The molecule has 2 aliphatic heterocycles. The van der Waals surface area contributed by atoms with Crippen molar-refractivity contribution in [3.05, 3.63) is 47.8 Å². The first kappa shape index (κ1) is 16.2. The molecule has 0 aromatic carbocycles. The van der Waals surface area contributed by atoms with Gasteiger partial charge in [-0.2, -0.15) is 0 Å². The number of hydrogen-bond acceptors (Lipinski definition) is 5. The Morgan fingerprint density at radius 1 is 1.08 bits per heavy atom. The molecule has 132 valence electrons. The van der Waals surface area contributed by atoms with Gasteiger partial charge < -0.3 is 14.2 Å². The molecule has 0 N–H and O–H groups in total. The summed E-state index contributed by atoms with van der Waals surface area (Å²) in [5.74, 6) is -0.258. The van der Waals surface area contributed by atoms with Crippen LogP contribution in [0.3, 0.4) is 0 Å². The maximum atomic E-state index is 12.4. The topological polar surface area (TPSA) is 61.8 Å². The molecule has 0 spiro atoms. The lowest BCUT2D eigenvalue weighted by Crippen LogP contribution is -2.28. The Hall–Kier alpha value is -2.30. The van der Waals surface area contributed by atoms with Gasteiger partial charge in [0.1, 0.15) is 6.10 Å². The van der Waals surface area contributed by atoms with Crippen molar-refractivity contribution in [3.63, 3.8) is 0 Å². The number of carbonyl (C=O) groups is 2. The van der Waals surface area contributed by atoms with Crippen LogP contribution in [0.2, 0.25) is 0 Å². The number of hydrogen-bond donors (Lipinski definition) is 0. The van der Waals surface area contributed by atoms with Gasteiger partial charge >= 0.3 is 11.9 Å². The summed E-state index contributed by atoms with van der Waals surface area (Å²) in [4.78, 5) is 23.8. The van der Waals surface area contributed by atoms with Crippen LogP contribution in [0, 0.1) is 17.8 Å². The molecule has 1 saturated heterocycles. The first-order chi connectivity index (χ1) is 12.0. The van der Waals surface area contributed by atoms with Gasteiger partial charge in [-0.15, -0.1) is 0 Å². The predicted molar refractivity (Wildman–Crippen MR) is 89.9 cm³/mol. The zero-order valence-electron chi connectivity index (χ0n) is 14.3. The maximum absolute atomic E-state index is 12.4. The summed E-state index contributed by atoms with van der Waals surface area (Å²) < 4.78 is 16.3. The van der Waals surface area contributed by atoms with Crippen molar-refractivity contribution in [3.8, 4) is 0 Å². The van der Waals surface area contributed by atoms with E-state index in [1.807, 2.05) is 0 Å². The van der Waals surface area contributed by atoms with Gasteiger partial charge in [-0.3, -0.25) is 0 Å². The molecule has 0 aromatic rings. The highest BCUT2D eigenvalue weighted by Gasteiger charge is 2.51. The maximum Gasteiger partial charge on any atom is 0.337 e. The van der Waals surface area contributed by atoms with Gasteiger partial charge in [0.05, 0.1) is 11.8 Å². The second kappa shape index (κ2) is 5.90. The third-order valence-electron chi connectivity index (χ3n) is 5.87. The van der Waals surface area contributed by atoms with Crippen LogP contribution in [0.1, 0.15) is 32.6 Å². The van der Waals surface area contributed by atoms with Gasteiger partial charge in [0, 0.05) is 23.5 Å². The van der Waals surface area contributed by atoms with E-state index >= 15 is 0 Å². The second-order valence-corrected chi connectivity index (χ2v) is 7.34. The Balaban J connectivity index is 1.57. The Morgan fingerprint density at radius 3 is 2.52 bits per heavy atom. The number of ether oxygens (including phenoxy) is 3. The number of cyclic esters (lactones) is 1. The minimum absolute atomic E-state index is 0.0312. The van der Waals surface area contributed by atoms with E-state index in [1.54, 1.807) is 13.0 Å². The standard InChI is InChI=1S/C20H22O5/c1-10-4-7-14-15(9-23-16-8-12(3)19(21)24-16)20(22)25-18(14)17-11(2)5-6-13(10)17/h8-9,13-14,16-18H,1-2,4-7H2,3H3/b15-9+/t13-,14-,16-,17-,18-/m0/s1. The van der Waals surface area contributed by atoms with Crippen molar-refractivity contribution in [1.82, 2.24) is 0 Å². The van der Waals surface area contributed by atoms with Gasteiger partial charge in [0.15, 0.2) is 0 Å². The highest BCUT2D eigenvalue weighted by atomic mass is 16.7. The molecular weight excluding hydrogens is 320 g/mol. The van der Waals surface area contributed by atoms with Crippen LogP contribution in [-0.4, -0.2) is 24.3 Å². The lowest BCUT2D eigenvalue weighted by Gasteiger charge is -2.26. The molecule has 25 heavy (non-hydrogen) atoms. The summed E-state index contributed by atoms with van der Waals surface area (Å²) in [5, 5.41) is 0. The van der Waals surface area contributed by atoms with E-state index in [9.17, 15) is 9.59 Å². The molecule has 2 saturated carbocycles. The first-order valence-electron chi connectivity index (χ1n) is 8.77. The van der Waals surface area contributed by atoms with Gasteiger partial charge in [-0.05, 0) is 38.5 Å². The Labute approximate surface area is 147 Å². The molecule has 5 heteroatoms. The van der Waals surface area contributed by atoms with Crippen molar-refractivity contribution in [1.29, 1.82) is 0 Å². The van der Waals surface area contributed by atoms with E-state index in [0.29, 0.717) is 17.1 Å². The van der Waals surface area contributed by atoms with Crippen molar-refractivity contribution in [2.24, 2.45) is 17.8 Å². The average Bonchev–Trinajstić information content (AvgIpc) is 3.17. The van der Waals surface area contributed by atoms with Crippen molar-refractivity contribution >= 4 is 11.9 Å². The van der Waals surface area contributed by atoms with E-state index in [1.165, 1.54) is 11.8 Å². The molecular formula is C20H22O5. The van der Waals surface area contributed by atoms with Crippen LogP contribution >= 0.6 is 0 Å². The second-order valence-electron chi connectivity index (χ2n) is 7.34. The van der Waals surface area contributed by atoms with Gasteiger partial charge in [-0.25, -0.2) is 9.59 Å². The number of rotatable bonds is 2. The molecule has 0 amide bonds. The van der Waals surface area contributed by atoms with E-state index < -0.39 is 12.3 Å². The molecule has 0 aromatic heterocycles. The van der Waals surface area contributed by atoms with Gasteiger partial charge in [0.25, 0.3) is 6.29 Å². The van der Waals surface area contributed by atoms with Crippen LogP contribution < -0.4 is 0 Å². The molecule has 0 unspecified atom stereocenters. The zero-order chi connectivity index (χ0) is 17.7. The fourth-order valence-electron chi connectivity index (χ4n) is 4.51. The van der Waals surface area contributed by atoms with E-state index in [-0.39, 0.29) is 23.9 Å². The average molecular weight is 342 g/mol. The normalized spacial score (nSPS) is 38.8. The lowest BCUT2D eigenvalue weighted by molar-refractivity contribution is -0.152. The van der Waals surface area contributed by atoms with Crippen molar-refractivity contribution in [2.75, 3.05) is 0 Å². The first-order valence-corrected chi connectivity index (χ1v) is 8.77. The molecule has 5 atom stereocenters. The summed E-state index contributed by atoms with van der Waals surface area (Å²) >= 11 is 0. The van der Waals surface area contributed by atoms with Crippen LogP contribution in [0.5, 0.6) is 0 Å². The van der Waals surface area contributed by atoms with Gasteiger partial charge in [0.2, 0.25) is 0 Å². The molecule has 2 heterocycles. The van der Waals surface area contributed by atoms with E-state index in [2.05, 4.69) is 13.2 Å². The van der Waals surface area contributed by atoms with Crippen LogP contribution in [-0.2, 0) is 23.8 Å². The summed E-state index contributed by atoms with van der Waals surface area (Å²) in [6.07, 6.45) is 5.74. The minimum Gasteiger partial charge on any atom is -0.458 e. The fraction of sp³-hybridized carbons (Fsp3) is 0.500. The molecule has 3 fully saturated rings. The Morgan fingerprint density at radius 2 is 1.80 bits per heavy atom. The summed E-state index contributed by atoms with van der Waals surface area (Å²) in [6, 6.07) is 0. The summed E-state index contributed by atoms with van der Waals surface area (Å²) in [6.45, 7) is 10.1. The van der Waals surface area contributed by atoms with Crippen molar-refractivity contribution in [2.45, 2.75) is 45.0 Å². The largest absolute Gasteiger partial charge is 0.458 e. The van der Waals surface area contributed by atoms with Gasteiger partial charge in [-0.1, -0.05) is 24.3 Å². The molecule has 5 nitrogen and oxygen atoms in total. The molecule has 4 rings (SSSR count). The lowest BCUT2D eigenvalue weighted by atomic mass is 9.82. The van der Waals surface area contributed by atoms with Crippen LogP contribution in [0.4, 0.5) is 0 Å². The SMILES string of the molecule is C=C1CC[C@H]2C(=C)CC[C@H]3/C(=C\O[C@@H]4C=C(C)C(=O)O4)C(=O)O[C@@H]3[C@@H]12. The van der Waals surface area contributed by atoms with E-state index in [0.717, 1.165) is 31.3 Å². The minimum atomic E-state index is -0.776. The fourth-order valence-corrected chi connectivity index (χ4v) is 4.51. The quantitative estimate of drug-likeness (QED) is 0.334. The highest BCUT2D eigenvalue weighted by molar-refractivity contribution is 5.91. The summed E-state index contributed by atoms with van der Waals surface area (Å²) in [5.41, 5.74) is 3.41. The third-order valence-corrected chi connectivity index (χ3v) is 5.87. The van der Waals surface area contributed by atoms with E-state index in [4.69, 9.17) is 14.2 Å². The third kappa shape index (κ3) is 2.62. The smallest absolute Gasteiger partial charge is 0.337 e. The molecule has 0 radical (unpaired) electrons. The number of allylic oxidation sites excluding steroid dienone is 1. The van der Waals surface area contributed by atoms with Crippen LogP contribution in [0.15, 0.2) is 47.8 Å². The Kier molecular flexibility index (Phi) is 3.82. The number of esters is 2. The van der Waals surface area contributed by atoms with Crippen LogP contribution in [0.25, 0.3) is 0 Å². The highest BCUT2D eigenvalue weighted by Crippen LogP contribution is 2.52. The Bertz CT molecular complexity index is 728. The number of fused-ring (bicyclic) bond motifs is 3. The zero-order valence-corrected chi connectivity index (χ0v) is 14.3. The number of carbonyl (C=O) groups excluding carboxylic acids is 2. The monoisotopic (exact) mass is 342 g/mol. The summed E-state index contributed by atoms with van der Waals surface area (Å²) in [7, 11) is 0. The predicted octanol–water partition coefficient (Wildman–Crippen LogP) is 3.19. The molecule has 0 bridgehead atoms. The van der Waals surface area contributed by atoms with Crippen molar-refractivity contribution < 1.29 is 23.8 Å².